The maximum atomic E-state index is 5.56. The number of nitrogen functional groups attached to an aromatic ring is 1. The first-order valence-electron chi connectivity index (χ1n) is 5.18. The molecule has 3 N–H and O–H groups in total. The monoisotopic (exact) mass is 217 g/mol. The van der Waals surface area contributed by atoms with Gasteiger partial charge in [-0.15, -0.1) is 0 Å². The number of imidazole rings is 1. The molecule has 0 aliphatic heterocycles. The van der Waals surface area contributed by atoms with Gasteiger partial charge in [0.1, 0.15) is 5.82 Å². The van der Waals surface area contributed by atoms with Crippen molar-refractivity contribution in [1.29, 1.82) is 0 Å². The van der Waals surface area contributed by atoms with Crippen molar-refractivity contribution in [3.8, 4) is 0 Å². The molecule has 84 valence electrons. The number of aromatic nitrogens is 3. The van der Waals surface area contributed by atoms with Crippen LogP contribution in [0.2, 0.25) is 0 Å². The maximum absolute atomic E-state index is 5.56. The fraction of sp³-hybridized carbons (Fsp3) is 0.273. The van der Waals surface area contributed by atoms with Crippen LogP contribution in [-0.2, 0) is 6.54 Å². The van der Waals surface area contributed by atoms with Crippen LogP contribution in [0.3, 0.4) is 0 Å². The first-order valence-corrected chi connectivity index (χ1v) is 5.18. The van der Waals surface area contributed by atoms with E-state index in [1.165, 1.54) is 0 Å². The number of nitrogens with one attached hydrogen (secondary N) is 1. The second-order valence-corrected chi connectivity index (χ2v) is 3.78. The first-order chi connectivity index (χ1) is 7.74. The Morgan fingerprint density at radius 1 is 1.50 bits per heavy atom. The van der Waals surface area contributed by atoms with Crippen molar-refractivity contribution >= 4 is 11.5 Å². The highest BCUT2D eigenvalue weighted by Gasteiger charge is 2.03. The highest BCUT2D eigenvalue weighted by molar-refractivity contribution is 5.44. The summed E-state index contributed by atoms with van der Waals surface area (Å²) in [5.41, 5.74) is 6.24. The molecule has 0 fully saturated rings. The Bertz CT molecular complexity index is 420. The zero-order valence-electron chi connectivity index (χ0n) is 9.17. The molecule has 0 saturated carbocycles. The first kappa shape index (κ1) is 10.5. The predicted octanol–water partition coefficient (Wildman–Crippen LogP) is 1.36. The van der Waals surface area contributed by atoms with E-state index in [0.717, 1.165) is 12.4 Å². The van der Waals surface area contributed by atoms with Gasteiger partial charge in [-0.1, -0.05) is 0 Å². The Hall–Kier alpha value is -2.04. The molecular formula is C11H15N5. The number of nitrogens with two attached hydrogens (primary N) is 1. The molecule has 1 atom stereocenters. The van der Waals surface area contributed by atoms with Gasteiger partial charge in [-0.05, 0) is 19.1 Å². The van der Waals surface area contributed by atoms with Crippen LogP contribution in [0, 0.1) is 0 Å². The molecule has 2 rings (SSSR count). The molecule has 2 aromatic rings. The number of nitrogens with zero attached hydrogens (tertiary/aromatic N) is 3. The molecule has 0 aliphatic carbocycles. The normalized spacial score (nSPS) is 12.3. The van der Waals surface area contributed by atoms with Gasteiger partial charge in [0, 0.05) is 25.0 Å². The standard InChI is InChI=1S/C11H15N5/c1-9(7-16-5-4-13-8-16)15-11-3-2-10(12)6-14-11/h2-6,8-9H,7,12H2,1H3,(H,14,15). The Morgan fingerprint density at radius 2 is 2.38 bits per heavy atom. The van der Waals surface area contributed by atoms with Crippen LogP contribution < -0.4 is 11.1 Å². The van der Waals surface area contributed by atoms with Gasteiger partial charge in [-0.25, -0.2) is 9.97 Å². The van der Waals surface area contributed by atoms with Crippen LogP contribution >= 0.6 is 0 Å². The van der Waals surface area contributed by atoms with Crippen molar-refractivity contribution in [2.75, 3.05) is 11.1 Å². The molecular weight excluding hydrogens is 202 g/mol. The van der Waals surface area contributed by atoms with Crippen LogP contribution in [0.25, 0.3) is 0 Å². The van der Waals surface area contributed by atoms with Gasteiger partial charge in [0.05, 0.1) is 18.2 Å². The topological polar surface area (TPSA) is 68.8 Å². The van der Waals surface area contributed by atoms with Crippen molar-refractivity contribution in [2.45, 2.75) is 19.5 Å². The van der Waals surface area contributed by atoms with Crippen molar-refractivity contribution in [3.63, 3.8) is 0 Å². The molecule has 2 heterocycles. The molecule has 0 amide bonds. The lowest BCUT2D eigenvalue weighted by Gasteiger charge is -2.14. The van der Waals surface area contributed by atoms with E-state index in [9.17, 15) is 0 Å². The molecule has 16 heavy (non-hydrogen) atoms. The summed E-state index contributed by atoms with van der Waals surface area (Å²) in [6, 6.07) is 3.99. The number of pyridine rings is 1. The van der Waals surface area contributed by atoms with E-state index in [2.05, 4.69) is 22.2 Å². The average Bonchev–Trinajstić information content (AvgIpc) is 2.74. The van der Waals surface area contributed by atoms with E-state index in [4.69, 9.17) is 5.73 Å². The molecule has 1 unspecified atom stereocenters. The van der Waals surface area contributed by atoms with Crippen molar-refractivity contribution < 1.29 is 0 Å². The average molecular weight is 217 g/mol. The summed E-state index contributed by atoms with van der Waals surface area (Å²) in [5, 5.41) is 3.29. The zero-order chi connectivity index (χ0) is 11.4. The van der Waals surface area contributed by atoms with Crippen LogP contribution in [0.4, 0.5) is 11.5 Å². The molecule has 0 saturated heterocycles. The maximum Gasteiger partial charge on any atom is 0.126 e. The molecule has 0 aromatic carbocycles. The molecule has 0 aliphatic rings. The summed E-state index contributed by atoms with van der Waals surface area (Å²) in [6.07, 6.45) is 7.16. The third-order valence-corrected chi connectivity index (χ3v) is 2.22. The minimum absolute atomic E-state index is 0.283. The lowest BCUT2D eigenvalue weighted by Crippen LogP contribution is -2.21. The predicted molar refractivity (Wildman–Crippen MR) is 64.0 cm³/mol. The van der Waals surface area contributed by atoms with Crippen LogP contribution in [0.1, 0.15) is 6.92 Å². The minimum atomic E-state index is 0.283. The van der Waals surface area contributed by atoms with Gasteiger partial charge in [0.15, 0.2) is 0 Å². The third kappa shape index (κ3) is 2.73. The summed E-state index contributed by atoms with van der Waals surface area (Å²) in [5.74, 6) is 0.835. The second kappa shape index (κ2) is 4.65. The Kier molecular flexibility index (Phi) is 3.05. The number of rotatable bonds is 4. The minimum Gasteiger partial charge on any atom is -0.397 e. The SMILES string of the molecule is CC(Cn1ccnc1)Nc1ccc(N)cn1. The second-order valence-electron chi connectivity index (χ2n) is 3.78. The van der Waals surface area contributed by atoms with E-state index < -0.39 is 0 Å². The summed E-state index contributed by atoms with van der Waals surface area (Å²) in [6.45, 7) is 2.95. The lowest BCUT2D eigenvalue weighted by atomic mass is 10.3. The highest BCUT2D eigenvalue weighted by atomic mass is 15.1. The summed E-state index contributed by atoms with van der Waals surface area (Å²) < 4.78 is 2.02. The van der Waals surface area contributed by atoms with E-state index in [1.54, 1.807) is 18.7 Å². The molecule has 5 nitrogen and oxygen atoms in total. The Morgan fingerprint density at radius 3 is 3.00 bits per heavy atom. The summed E-state index contributed by atoms with van der Waals surface area (Å²) in [4.78, 5) is 8.18. The summed E-state index contributed by atoms with van der Waals surface area (Å²) in [7, 11) is 0. The lowest BCUT2D eigenvalue weighted by molar-refractivity contribution is 0.617. The van der Waals surface area contributed by atoms with Gasteiger partial charge in [0.25, 0.3) is 0 Å². The van der Waals surface area contributed by atoms with Gasteiger partial charge >= 0.3 is 0 Å². The summed E-state index contributed by atoms with van der Waals surface area (Å²) >= 11 is 0. The van der Waals surface area contributed by atoms with E-state index >= 15 is 0 Å². The number of hydrogen-bond acceptors (Lipinski definition) is 4. The van der Waals surface area contributed by atoms with E-state index in [1.807, 2.05) is 22.9 Å². The number of anilines is 2. The Labute approximate surface area is 94.3 Å². The van der Waals surface area contributed by atoms with Crippen molar-refractivity contribution in [1.82, 2.24) is 14.5 Å². The fourth-order valence-corrected chi connectivity index (χ4v) is 1.50. The van der Waals surface area contributed by atoms with E-state index in [0.29, 0.717) is 5.69 Å². The molecule has 0 radical (unpaired) electrons. The van der Waals surface area contributed by atoms with Crippen molar-refractivity contribution in [2.24, 2.45) is 0 Å². The molecule has 0 spiro atoms. The smallest absolute Gasteiger partial charge is 0.126 e. The van der Waals surface area contributed by atoms with Crippen LogP contribution in [0.5, 0.6) is 0 Å². The zero-order valence-corrected chi connectivity index (χ0v) is 9.17. The van der Waals surface area contributed by atoms with Gasteiger partial charge in [-0.3, -0.25) is 0 Å². The number of hydrogen-bond donors (Lipinski definition) is 2. The Balaban J connectivity index is 1.92. The highest BCUT2D eigenvalue weighted by Crippen LogP contribution is 2.07. The third-order valence-electron chi connectivity index (χ3n) is 2.22. The van der Waals surface area contributed by atoms with Gasteiger partial charge in [-0.2, -0.15) is 0 Å². The van der Waals surface area contributed by atoms with Gasteiger partial charge < -0.3 is 15.6 Å². The molecule has 0 bridgehead atoms. The van der Waals surface area contributed by atoms with E-state index in [-0.39, 0.29) is 6.04 Å². The quantitative estimate of drug-likeness (QED) is 0.811. The van der Waals surface area contributed by atoms with Crippen molar-refractivity contribution in [3.05, 3.63) is 37.1 Å². The molecule has 5 heteroatoms. The van der Waals surface area contributed by atoms with Crippen LogP contribution in [0.15, 0.2) is 37.1 Å². The van der Waals surface area contributed by atoms with Crippen LogP contribution in [-0.4, -0.2) is 20.6 Å². The largest absolute Gasteiger partial charge is 0.397 e. The van der Waals surface area contributed by atoms with Gasteiger partial charge in [0.2, 0.25) is 0 Å². The molecule has 2 aromatic heterocycles. The fourth-order valence-electron chi connectivity index (χ4n) is 1.50.